The Hall–Kier alpha value is -1.90. The molecule has 0 N–H and O–H groups in total. The highest BCUT2D eigenvalue weighted by atomic mass is 16.5. The summed E-state index contributed by atoms with van der Waals surface area (Å²) in [6.45, 7) is 4.44. The van der Waals surface area contributed by atoms with Gasteiger partial charge in [0.15, 0.2) is 0 Å². The van der Waals surface area contributed by atoms with Crippen LogP contribution in [-0.2, 0) is 0 Å². The van der Waals surface area contributed by atoms with Crippen molar-refractivity contribution in [3.8, 4) is 5.75 Å². The monoisotopic (exact) mass is 270 g/mol. The quantitative estimate of drug-likeness (QED) is 0.790. The second kappa shape index (κ2) is 7.04. The Morgan fingerprint density at radius 1 is 1.00 bits per heavy atom. The molecule has 0 spiro atoms. The van der Waals surface area contributed by atoms with Crippen molar-refractivity contribution in [1.82, 2.24) is 9.97 Å². The Morgan fingerprint density at radius 2 is 1.70 bits per heavy atom. The van der Waals surface area contributed by atoms with Crippen LogP contribution in [0.5, 0.6) is 5.75 Å². The maximum absolute atomic E-state index is 5.23. The molecule has 0 unspecified atom stereocenters. The van der Waals surface area contributed by atoms with Crippen LogP contribution in [-0.4, -0.2) is 17.1 Å². The van der Waals surface area contributed by atoms with E-state index in [-0.39, 0.29) is 0 Å². The van der Waals surface area contributed by atoms with E-state index in [0.29, 0.717) is 11.8 Å². The zero-order valence-electron chi connectivity index (χ0n) is 12.4. The minimum Gasteiger partial charge on any atom is -0.497 e. The first kappa shape index (κ1) is 14.5. The fourth-order valence-electron chi connectivity index (χ4n) is 2.81. The predicted molar refractivity (Wildman–Crippen MR) is 81.1 cm³/mol. The SMILES string of the molecule is CC[C@H](c1cnccn1)[C@@H](CC)c1ccc(OC)cc1. The number of ether oxygens (including phenoxy) is 1. The zero-order valence-corrected chi connectivity index (χ0v) is 12.4. The fraction of sp³-hybridized carbons (Fsp3) is 0.412. The Labute approximate surface area is 121 Å². The van der Waals surface area contributed by atoms with Crippen molar-refractivity contribution in [2.45, 2.75) is 38.5 Å². The molecule has 3 nitrogen and oxygen atoms in total. The molecule has 106 valence electrons. The predicted octanol–water partition coefficient (Wildman–Crippen LogP) is 4.17. The first-order valence-corrected chi connectivity index (χ1v) is 7.20. The van der Waals surface area contributed by atoms with Crippen molar-refractivity contribution in [3.05, 3.63) is 54.1 Å². The molecule has 0 bridgehead atoms. The standard InChI is InChI=1S/C17H22N2O/c1-4-15(13-6-8-14(20-3)9-7-13)16(5-2)17-12-18-10-11-19-17/h6-12,15-16H,4-5H2,1-3H3/t15-,16-/m0/s1. The van der Waals surface area contributed by atoms with Gasteiger partial charge in [0.05, 0.1) is 12.8 Å². The summed E-state index contributed by atoms with van der Waals surface area (Å²) in [4.78, 5) is 8.70. The molecule has 0 saturated heterocycles. The van der Waals surface area contributed by atoms with Gasteiger partial charge in [0.25, 0.3) is 0 Å². The molecule has 2 rings (SSSR count). The molecule has 2 aromatic rings. The van der Waals surface area contributed by atoms with Gasteiger partial charge in [-0.3, -0.25) is 9.97 Å². The van der Waals surface area contributed by atoms with Gasteiger partial charge in [0.2, 0.25) is 0 Å². The average molecular weight is 270 g/mol. The van der Waals surface area contributed by atoms with Crippen LogP contribution in [0.15, 0.2) is 42.9 Å². The molecule has 3 heteroatoms. The van der Waals surface area contributed by atoms with E-state index in [1.807, 2.05) is 18.3 Å². The molecule has 0 aliphatic rings. The van der Waals surface area contributed by atoms with Gasteiger partial charge in [-0.15, -0.1) is 0 Å². The van der Waals surface area contributed by atoms with Crippen molar-refractivity contribution in [1.29, 1.82) is 0 Å². The minimum atomic E-state index is 0.405. The fourth-order valence-corrected chi connectivity index (χ4v) is 2.81. The van der Waals surface area contributed by atoms with E-state index in [4.69, 9.17) is 4.74 Å². The zero-order chi connectivity index (χ0) is 14.4. The van der Waals surface area contributed by atoms with E-state index in [2.05, 4.69) is 35.9 Å². The van der Waals surface area contributed by atoms with Crippen LogP contribution in [0.25, 0.3) is 0 Å². The lowest BCUT2D eigenvalue weighted by Gasteiger charge is -2.25. The molecule has 0 aliphatic heterocycles. The number of nitrogens with zero attached hydrogens (tertiary/aromatic N) is 2. The Balaban J connectivity index is 2.29. The summed E-state index contributed by atoms with van der Waals surface area (Å²) < 4.78 is 5.23. The third-order valence-electron chi connectivity index (χ3n) is 3.87. The third-order valence-corrected chi connectivity index (χ3v) is 3.87. The Kier molecular flexibility index (Phi) is 5.10. The van der Waals surface area contributed by atoms with Crippen molar-refractivity contribution < 1.29 is 4.74 Å². The van der Waals surface area contributed by atoms with Crippen LogP contribution in [0, 0.1) is 0 Å². The maximum atomic E-state index is 5.23. The van der Waals surface area contributed by atoms with Gasteiger partial charge < -0.3 is 4.74 Å². The van der Waals surface area contributed by atoms with Gasteiger partial charge >= 0.3 is 0 Å². The minimum absolute atomic E-state index is 0.405. The molecular formula is C17H22N2O. The molecule has 0 radical (unpaired) electrons. The first-order chi connectivity index (χ1) is 9.80. The van der Waals surface area contributed by atoms with Crippen molar-refractivity contribution in [3.63, 3.8) is 0 Å². The summed E-state index contributed by atoms with van der Waals surface area (Å²) >= 11 is 0. The van der Waals surface area contributed by atoms with Crippen molar-refractivity contribution >= 4 is 0 Å². The van der Waals surface area contributed by atoms with Crippen LogP contribution < -0.4 is 4.74 Å². The molecule has 20 heavy (non-hydrogen) atoms. The number of aromatic nitrogens is 2. The van der Waals surface area contributed by atoms with Gasteiger partial charge in [0, 0.05) is 24.5 Å². The van der Waals surface area contributed by atoms with Gasteiger partial charge in [-0.2, -0.15) is 0 Å². The van der Waals surface area contributed by atoms with Crippen molar-refractivity contribution in [2.75, 3.05) is 7.11 Å². The van der Waals surface area contributed by atoms with Gasteiger partial charge in [-0.05, 0) is 36.5 Å². The van der Waals surface area contributed by atoms with Gasteiger partial charge in [-0.1, -0.05) is 26.0 Å². The molecule has 1 aromatic heterocycles. The first-order valence-electron chi connectivity index (χ1n) is 7.20. The van der Waals surface area contributed by atoms with E-state index >= 15 is 0 Å². The Bertz CT molecular complexity index is 510. The largest absolute Gasteiger partial charge is 0.497 e. The van der Waals surface area contributed by atoms with E-state index in [1.54, 1.807) is 19.5 Å². The van der Waals surface area contributed by atoms with Gasteiger partial charge in [0.1, 0.15) is 5.75 Å². The lowest BCUT2D eigenvalue weighted by atomic mass is 9.80. The molecule has 2 atom stereocenters. The second-order valence-corrected chi connectivity index (χ2v) is 4.93. The van der Waals surface area contributed by atoms with E-state index in [9.17, 15) is 0 Å². The number of hydrogen-bond donors (Lipinski definition) is 0. The Morgan fingerprint density at radius 3 is 2.20 bits per heavy atom. The summed E-state index contributed by atoms with van der Waals surface area (Å²) in [5.74, 6) is 1.76. The van der Waals surface area contributed by atoms with Crippen LogP contribution in [0.4, 0.5) is 0 Å². The summed E-state index contributed by atoms with van der Waals surface area (Å²) in [6, 6.07) is 8.38. The summed E-state index contributed by atoms with van der Waals surface area (Å²) in [5.41, 5.74) is 2.42. The summed E-state index contributed by atoms with van der Waals surface area (Å²) in [5, 5.41) is 0. The molecule has 0 aliphatic carbocycles. The number of methoxy groups -OCH3 is 1. The van der Waals surface area contributed by atoms with E-state index in [1.165, 1.54) is 5.56 Å². The molecule has 1 heterocycles. The normalized spacial score (nSPS) is 13.8. The van der Waals surface area contributed by atoms with Crippen LogP contribution in [0.2, 0.25) is 0 Å². The highest BCUT2D eigenvalue weighted by molar-refractivity contribution is 5.31. The molecular weight excluding hydrogens is 248 g/mol. The molecule has 1 aromatic carbocycles. The number of rotatable bonds is 6. The molecule has 0 saturated carbocycles. The lowest BCUT2D eigenvalue weighted by molar-refractivity contribution is 0.414. The van der Waals surface area contributed by atoms with Crippen LogP contribution in [0.1, 0.15) is 49.8 Å². The average Bonchev–Trinajstić information content (AvgIpc) is 2.53. The van der Waals surface area contributed by atoms with Crippen LogP contribution >= 0.6 is 0 Å². The van der Waals surface area contributed by atoms with E-state index < -0.39 is 0 Å². The second-order valence-electron chi connectivity index (χ2n) is 4.93. The summed E-state index contributed by atoms with van der Waals surface area (Å²) in [6.07, 6.45) is 7.54. The highest BCUT2D eigenvalue weighted by Gasteiger charge is 2.23. The van der Waals surface area contributed by atoms with Crippen molar-refractivity contribution in [2.24, 2.45) is 0 Å². The lowest BCUT2D eigenvalue weighted by Crippen LogP contribution is -2.12. The third kappa shape index (κ3) is 3.16. The van der Waals surface area contributed by atoms with E-state index in [0.717, 1.165) is 24.3 Å². The highest BCUT2D eigenvalue weighted by Crippen LogP contribution is 2.37. The number of hydrogen-bond acceptors (Lipinski definition) is 3. The molecule has 0 fully saturated rings. The summed E-state index contributed by atoms with van der Waals surface area (Å²) in [7, 11) is 1.70. The van der Waals surface area contributed by atoms with Crippen LogP contribution in [0.3, 0.4) is 0 Å². The molecule has 0 amide bonds. The maximum Gasteiger partial charge on any atom is 0.118 e. The topological polar surface area (TPSA) is 35.0 Å². The number of benzene rings is 1. The van der Waals surface area contributed by atoms with Gasteiger partial charge in [-0.25, -0.2) is 0 Å². The smallest absolute Gasteiger partial charge is 0.118 e.